The van der Waals surface area contributed by atoms with Crippen LogP contribution < -0.4 is 10.1 Å². The molecule has 8 heteroatoms. The standard InChI is InChI=1S/C13H10N4O3S/c1-19-11-6-10(20-17-11)12(18)16-13-15-9(7-21-13)8-4-2-3-5-14-8/h2-7H,1H3,(H,15,16,18). The summed E-state index contributed by atoms with van der Waals surface area (Å²) in [6.45, 7) is 0. The van der Waals surface area contributed by atoms with Crippen molar-refractivity contribution in [2.75, 3.05) is 12.4 Å². The van der Waals surface area contributed by atoms with Crippen LogP contribution in [0.5, 0.6) is 5.88 Å². The molecule has 0 aliphatic rings. The zero-order chi connectivity index (χ0) is 14.7. The summed E-state index contributed by atoms with van der Waals surface area (Å²) >= 11 is 1.30. The van der Waals surface area contributed by atoms with Gasteiger partial charge in [0.05, 0.1) is 18.9 Å². The minimum Gasteiger partial charge on any atom is -0.479 e. The highest BCUT2D eigenvalue weighted by molar-refractivity contribution is 7.14. The van der Waals surface area contributed by atoms with Crippen LogP contribution in [0, 0.1) is 0 Å². The first-order chi connectivity index (χ1) is 10.3. The Morgan fingerprint density at radius 3 is 3.00 bits per heavy atom. The van der Waals surface area contributed by atoms with Gasteiger partial charge in [-0.2, -0.15) is 0 Å². The normalized spacial score (nSPS) is 10.3. The number of amides is 1. The van der Waals surface area contributed by atoms with Gasteiger partial charge in [-0.15, -0.1) is 11.3 Å². The second kappa shape index (κ2) is 5.71. The van der Waals surface area contributed by atoms with Gasteiger partial charge in [0, 0.05) is 11.6 Å². The number of pyridine rings is 1. The smallest absolute Gasteiger partial charge is 0.296 e. The van der Waals surface area contributed by atoms with E-state index in [2.05, 4.69) is 20.4 Å². The Labute approximate surface area is 123 Å². The summed E-state index contributed by atoms with van der Waals surface area (Å²) in [7, 11) is 1.44. The molecule has 21 heavy (non-hydrogen) atoms. The Balaban J connectivity index is 1.74. The Morgan fingerprint density at radius 2 is 2.29 bits per heavy atom. The molecular formula is C13H10N4O3S. The summed E-state index contributed by atoms with van der Waals surface area (Å²) in [5.74, 6) is -0.136. The molecule has 0 fully saturated rings. The number of methoxy groups -OCH3 is 1. The van der Waals surface area contributed by atoms with Crippen molar-refractivity contribution in [1.82, 2.24) is 15.1 Å². The topological polar surface area (TPSA) is 90.1 Å². The average Bonchev–Trinajstić information content (AvgIpc) is 3.17. The number of nitrogens with zero attached hydrogens (tertiary/aromatic N) is 3. The number of ether oxygens (including phenoxy) is 1. The van der Waals surface area contributed by atoms with Gasteiger partial charge >= 0.3 is 0 Å². The highest BCUT2D eigenvalue weighted by Gasteiger charge is 2.15. The molecule has 0 unspecified atom stereocenters. The number of aromatic nitrogens is 3. The third kappa shape index (κ3) is 2.90. The van der Waals surface area contributed by atoms with E-state index in [-0.39, 0.29) is 11.6 Å². The van der Waals surface area contributed by atoms with Gasteiger partial charge in [0.15, 0.2) is 5.13 Å². The third-order valence-electron chi connectivity index (χ3n) is 2.57. The van der Waals surface area contributed by atoms with Crippen LogP contribution in [0.15, 0.2) is 40.4 Å². The summed E-state index contributed by atoms with van der Waals surface area (Å²) in [6.07, 6.45) is 1.69. The molecule has 3 aromatic heterocycles. The number of hydrogen-bond acceptors (Lipinski definition) is 7. The summed E-state index contributed by atoms with van der Waals surface area (Å²) in [4.78, 5) is 20.4. The fourth-order valence-corrected chi connectivity index (χ4v) is 2.28. The van der Waals surface area contributed by atoms with Gasteiger partial charge in [-0.3, -0.25) is 15.1 Å². The van der Waals surface area contributed by atoms with Crippen LogP contribution in [0.3, 0.4) is 0 Å². The molecule has 3 aromatic rings. The molecule has 0 radical (unpaired) electrons. The molecule has 1 amide bonds. The minimum atomic E-state index is -0.437. The van der Waals surface area contributed by atoms with Crippen LogP contribution >= 0.6 is 11.3 Å². The predicted octanol–water partition coefficient (Wildman–Crippen LogP) is 2.45. The molecule has 0 aliphatic heterocycles. The molecule has 0 saturated carbocycles. The SMILES string of the molecule is COc1cc(C(=O)Nc2nc(-c3ccccn3)cs2)on1. The fraction of sp³-hybridized carbons (Fsp3) is 0.0769. The van der Waals surface area contributed by atoms with Crippen LogP contribution in [-0.2, 0) is 0 Å². The highest BCUT2D eigenvalue weighted by Crippen LogP contribution is 2.23. The highest BCUT2D eigenvalue weighted by atomic mass is 32.1. The Morgan fingerprint density at radius 1 is 1.38 bits per heavy atom. The second-order valence-electron chi connectivity index (χ2n) is 3.94. The van der Waals surface area contributed by atoms with Crippen molar-refractivity contribution in [3.8, 4) is 17.3 Å². The number of anilines is 1. The van der Waals surface area contributed by atoms with Crippen molar-refractivity contribution in [3.63, 3.8) is 0 Å². The molecular weight excluding hydrogens is 292 g/mol. The van der Waals surface area contributed by atoms with Gasteiger partial charge in [0.25, 0.3) is 11.8 Å². The van der Waals surface area contributed by atoms with Gasteiger partial charge in [-0.05, 0) is 17.3 Å². The maximum atomic E-state index is 11.9. The van der Waals surface area contributed by atoms with Crippen molar-refractivity contribution in [2.24, 2.45) is 0 Å². The predicted molar refractivity (Wildman–Crippen MR) is 76.4 cm³/mol. The minimum absolute atomic E-state index is 0.0569. The molecule has 106 valence electrons. The van der Waals surface area contributed by atoms with Gasteiger partial charge in [-0.25, -0.2) is 4.98 Å². The fourth-order valence-electron chi connectivity index (χ4n) is 1.58. The first kappa shape index (κ1) is 13.3. The molecule has 0 atom stereocenters. The first-order valence-corrected chi connectivity index (χ1v) is 6.83. The summed E-state index contributed by atoms with van der Waals surface area (Å²) in [5, 5.41) is 8.48. The Bertz CT molecular complexity index is 754. The van der Waals surface area contributed by atoms with Crippen LogP contribution in [0.2, 0.25) is 0 Å². The lowest BCUT2D eigenvalue weighted by Gasteiger charge is -1.96. The second-order valence-corrected chi connectivity index (χ2v) is 4.80. The molecule has 1 N–H and O–H groups in total. The molecule has 3 heterocycles. The number of thiazole rings is 1. The monoisotopic (exact) mass is 302 g/mol. The molecule has 0 saturated heterocycles. The number of hydrogen-bond donors (Lipinski definition) is 1. The lowest BCUT2D eigenvalue weighted by atomic mass is 10.3. The van der Waals surface area contributed by atoms with Crippen molar-refractivity contribution >= 4 is 22.4 Å². The van der Waals surface area contributed by atoms with Gasteiger partial charge in [0.1, 0.15) is 5.69 Å². The van der Waals surface area contributed by atoms with Crippen molar-refractivity contribution < 1.29 is 14.1 Å². The lowest BCUT2D eigenvalue weighted by molar-refractivity contribution is 0.0987. The molecule has 0 bridgehead atoms. The molecule has 0 aromatic carbocycles. The van der Waals surface area contributed by atoms with E-state index in [4.69, 9.17) is 9.26 Å². The van der Waals surface area contributed by atoms with Crippen molar-refractivity contribution in [2.45, 2.75) is 0 Å². The zero-order valence-corrected chi connectivity index (χ0v) is 11.8. The molecule has 3 rings (SSSR count). The Kier molecular flexibility index (Phi) is 3.61. The van der Waals surface area contributed by atoms with E-state index in [1.807, 2.05) is 23.6 Å². The number of nitrogens with one attached hydrogen (secondary N) is 1. The van der Waals surface area contributed by atoms with Crippen LogP contribution in [0.25, 0.3) is 11.4 Å². The van der Waals surface area contributed by atoms with Crippen LogP contribution in [0.4, 0.5) is 5.13 Å². The van der Waals surface area contributed by atoms with Gasteiger partial charge < -0.3 is 9.26 Å². The van der Waals surface area contributed by atoms with Crippen LogP contribution in [-0.4, -0.2) is 28.1 Å². The van der Waals surface area contributed by atoms with E-state index in [0.29, 0.717) is 10.8 Å². The largest absolute Gasteiger partial charge is 0.479 e. The van der Waals surface area contributed by atoms with E-state index in [1.165, 1.54) is 24.5 Å². The zero-order valence-electron chi connectivity index (χ0n) is 10.9. The summed E-state index contributed by atoms with van der Waals surface area (Å²) < 4.78 is 9.71. The lowest BCUT2D eigenvalue weighted by Crippen LogP contribution is -2.10. The van der Waals surface area contributed by atoms with E-state index in [1.54, 1.807) is 6.20 Å². The van der Waals surface area contributed by atoms with Crippen LogP contribution in [0.1, 0.15) is 10.6 Å². The first-order valence-electron chi connectivity index (χ1n) is 5.95. The average molecular weight is 302 g/mol. The van der Waals surface area contributed by atoms with Gasteiger partial charge in [0.2, 0.25) is 5.76 Å². The maximum Gasteiger partial charge on any atom is 0.296 e. The van der Waals surface area contributed by atoms with E-state index in [9.17, 15) is 4.79 Å². The third-order valence-corrected chi connectivity index (χ3v) is 3.33. The van der Waals surface area contributed by atoms with Crippen molar-refractivity contribution in [3.05, 3.63) is 41.6 Å². The molecule has 7 nitrogen and oxygen atoms in total. The quantitative estimate of drug-likeness (QED) is 0.796. The van der Waals surface area contributed by atoms with E-state index < -0.39 is 5.91 Å². The van der Waals surface area contributed by atoms with E-state index >= 15 is 0 Å². The van der Waals surface area contributed by atoms with Gasteiger partial charge in [-0.1, -0.05) is 6.07 Å². The number of carbonyl (C=O) groups is 1. The molecule has 0 aliphatic carbocycles. The van der Waals surface area contributed by atoms with Crippen molar-refractivity contribution in [1.29, 1.82) is 0 Å². The number of rotatable bonds is 4. The molecule has 0 spiro atoms. The Hall–Kier alpha value is -2.74. The summed E-state index contributed by atoms with van der Waals surface area (Å²) in [6, 6.07) is 6.96. The van der Waals surface area contributed by atoms with E-state index in [0.717, 1.165) is 5.69 Å². The maximum absolute atomic E-state index is 11.9. The number of carbonyl (C=O) groups excluding carboxylic acids is 1. The summed E-state index contributed by atoms with van der Waals surface area (Å²) in [5.41, 5.74) is 1.45.